The molecule has 3 fully saturated rings. The van der Waals surface area contributed by atoms with E-state index in [-0.39, 0.29) is 28.9 Å². The molecule has 1 atom stereocenters. The van der Waals surface area contributed by atoms with E-state index in [1.165, 1.54) is 6.07 Å². The number of halogens is 1. The summed E-state index contributed by atoms with van der Waals surface area (Å²) in [6.07, 6.45) is 3.57. The van der Waals surface area contributed by atoms with E-state index in [4.69, 9.17) is 0 Å². The van der Waals surface area contributed by atoms with Gasteiger partial charge in [0.05, 0.1) is 16.0 Å². The number of piperidine rings is 2. The van der Waals surface area contributed by atoms with E-state index < -0.39 is 51.0 Å². The standard InChI is InChI=1S/C44H51FN10O6S/c1-27-25-46-43(50-39(27)47-30-6-5-7-33(24-30)62(60,61)51-44(2,3)4)48-29-9-11-31(12-10-29)53-20-22-54(23-21-53)32-16-18-52(19-17-32)26-28-8-13-34-37(38(28)45)42(59)55(41(34)58)35-14-15-36(56)49-40(35)57/h5-13,24-25,32,35,51H,14-23,26H2,1-4H3,(H,49,56,57)(H2,46,47,48,50). The molecule has 16 nitrogen and oxygen atoms in total. The maximum Gasteiger partial charge on any atom is 0.265 e. The van der Waals surface area contributed by atoms with Gasteiger partial charge in [0.2, 0.25) is 27.8 Å². The minimum atomic E-state index is -3.71. The van der Waals surface area contributed by atoms with Crippen molar-refractivity contribution in [1.82, 2.24) is 34.7 Å². The number of benzene rings is 3. The molecular formula is C44H51FN10O6S. The van der Waals surface area contributed by atoms with Crippen LogP contribution in [0.5, 0.6) is 0 Å². The van der Waals surface area contributed by atoms with Crippen LogP contribution < -0.4 is 25.6 Å². The number of fused-ring (bicyclic) bond motifs is 1. The predicted octanol–water partition coefficient (Wildman–Crippen LogP) is 4.68. The number of hydrogen-bond acceptors (Lipinski definition) is 13. The van der Waals surface area contributed by atoms with Crippen molar-refractivity contribution < 1.29 is 32.0 Å². The smallest absolute Gasteiger partial charge is 0.265 e. The van der Waals surface area contributed by atoms with E-state index in [1.807, 2.05) is 19.1 Å². The molecule has 3 saturated heterocycles. The highest BCUT2D eigenvalue weighted by atomic mass is 32.2. The SMILES string of the molecule is Cc1cnc(Nc2ccc(N3CCN(C4CCN(Cc5ccc6c(c5F)C(=O)N(C5CCC(=O)NC5=O)C6=O)CC4)CC3)cc2)nc1Nc1cccc(S(=O)(=O)NC(C)(C)C)c1. The number of nitrogens with one attached hydrogen (secondary N) is 4. The lowest BCUT2D eigenvalue weighted by Gasteiger charge is -2.43. The lowest BCUT2D eigenvalue weighted by Crippen LogP contribution is -2.54. The molecule has 8 rings (SSSR count). The fourth-order valence-corrected chi connectivity index (χ4v) is 10.0. The van der Waals surface area contributed by atoms with Crippen LogP contribution >= 0.6 is 0 Å². The molecule has 4 aliphatic heterocycles. The first kappa shape index (κ1) is 42.9. The number of rotatable bonds is 11. The predicted molar refractivity (Wildman–Crippen MR) is 231 cm³/mol. The largest absolute Gasteiger partial charge is 0.369 e. The minimum Gasteiger partial charge on any atom is -0.369 e. The van der Waals surface area contributed by atoms with E-state index in [9.17, 15) is 27.6 Å². The van der Waals surface area contributed by atoms with E-state index in [1.54, 1.807) is 57.3 Å². The van der Waals surface area contributed by atoms with Gasteiger partial charge < -0.3 is 15.5 Å². The topological polar surface area (TPSA) is 189 Å². The summed E-state index contributed by atoms with van der Waals surface area (Å²) >= 11 is 0. The molecule has 0 bridgehead atoms. The second-order valence-corrected chi connectivity index (χ2v) is 19.0. The number of imide groups is 2. The third-order valence-electron chi connectivity index (χ3n) is 11.7. The lowest BCUT2D eigenvalue weighted by atomic mass is 10.00. The van der Waals surface area contributed by atoms with Gasteiger partial charge in [-0.15, -0.1) is 0 Å². The fraction of sp³-hybridized carbons (Fsp3) is 0.409. The highest BCUT2D eigenvalue weighted by Gasteiger charge is 2.46. The summed E-state index contributed by atoms with van der Waals surface area (Å²) in [6.45, 7) is 12.7. The van der Waals surface area contributed by atoms with E-state index in [0.717, 1.165) is 73.9 Å². The van der Waals surface area contributed by atoms with Crippen LogP contribution in [0, 0.1) is 12.7 Å². The number of likely N-dealkylation sites (tertiary alicyclic amines) is 1. The van der Waals surface area contributed by atoms with Crippen LogP contribution in [0.2, 0.25) is 0 Å². The van der Waals surface area contributed by atoms with Gasteiger partial charge in [-0.1, -0.05) is 12.1 Å². The number of aromatic nitrogens is 2. The molecule has 0 saturated carbocycles. The Morgan fingerprint density at radius 3 is 2.27 bits per heavy atom. The molecule has 3 aromatic carbocycles. The summed E-state index contributed by atoms with van der Waals surface area (Å²) in [5.74, 6) is -2.53. The molecule has 18 heteroatoms. The van der Waals surface area contributed by atoms with Crippen LogP contribution in [0.25, 0.3) is 0 Å². The summed E-state index contributed by atoms with van der Waals surface area (Å²) in [4.78, 5) is 67.6. The molecule has 4 aliphatic rings. The molecule has 0 spiro atoms. The van der Waals surface area contributed by atoms with Gasteiger partial charge >= 0.3 is 0 Å². The molecule has 62 heavy (non-hydrogen) atoms. The average Bonchev–Trinajstić information content (AvgIpc) is 3.49. The Morgan fingerprint density at radius 2 is 1.58 bits per heavy atom. The Kier molecular flexibility index (Phi) is 11.9. The Balaban J connectivity index is 0.811. The van der Waals surface area contributed by atoms with Crippen molar-refractivity contribution in [3.63, 3.8) is 0 Å². The number of carbonyl (C=O) groups is 4. The zero-order chi connectivity index (χ0) is 43.9. The van der Waals surface area contributed by atoms with Crippen molar-refractivity contribution >= 4 is 62.5 Å². The molecule has 4 N–H and O–H groups in total. The number of sulfonamides is 1. The molecule has 1 aromatic heterocycles. The molecule has 4 aromatic rings. The van der Waals surface area contributed by atoms with E-state index in [2.05, 4.69) is 57.5 Å². The van der Waals surface area contributed by atoms with Gasteiger partial charge in [0.25, 0.3) is 11.8 Å². The summed E-state index contributed by atoms with van der Waals surface area (Å²) in [7, 11) is -3.71. The Bertz CT molecular complexity index is 2520. The van der Waals surface area contributed by atoms with Crippen molar-refractivity contribution in [3.8, 4) is 0 Å². The summed E-state index contributed by atoms with van der Waals surface area (Å²) in [5, 5.41) is 8.69. The van der Waals surface area contributed by atoms with Gasteiger partial charge in [0, 0.05) is 85.1 Å². The first-order valence-electron chi connectivity index (χ1n) is 20.9. The van der Waals surface area contributed by atoms with Crippen LogP contribution in [-0.2, 0) is 26.2 Å². The van der Waals surface area contributed by atoms with Crippen LogP contribution in [-0.4, -0.2) is 114 Å². The van der Waals surface area contributed by atoms with Crippen LogP contribution in [0.4, 0.5) is 33.2 Å². The fourth-order valence-electron chi connectivity index (χ4n) is 8.56. The van der Waals surface area contributed by atoms with Gasteiger partial charge in [-0.05, 0) is 109 Å². The second kappa shape index (κ2) is 17.2. The maximum absolute atomic E-state index is 15.9. The Hall–Kier alpha value is -5.82. The first-order valence-corrected chi connectivity index (χ1v) is 22.4. The third kappa shape index (κ3) is 9.18. The highest BCUT2D eigenvalue weighted by Crippen LogP contribution is 2.32. The van der Waals surface area contributed by atoms with Crippen molar-refractivity contribution in [2.45, 2.75) is 82.4 Å². The van der Waals surface area contributed by atoms with Gasteiger partial charge in [0.15, 0.2) is 0 Å². The van der Waals surface area contributed by atoms with Crippen molar-refractivity contribution in [2.24, 2.45) is 0 Å². The zero-order valence-corrected chi connectivity index (χ0v) is 36.0. The zero-order valence-electron chi connectivity index (χ0n) is 35.2. The second-order valence-electron chi connectivity index (χ2n) is 17.3. The van der Waals surface area contributed by atoms with Gasteiger partial charge in [-0.3, -0.25) is 39.2 Å². The molecule has 5 heterocycles. The molecular weight excluding hydrogens is 816 g/mol. The van der Waals surface area contributed by atoms with Gasteiger partial charge in [0.1, 0.15) is 17.7 Å². The third-order valence-corrected chi connectivity index (χ3v) is 13.5. The number of anilines is 5. The van der Waals surface area contributed by atoms with E-state index in [0.29, 0.717) is 35.6 Å². The van der Waals surface area contributed by atoms with Crippen molar-refractivity contribution in [1.29, 1.82) is 0 Å². The molecule has 326 valence electrons. The average molecular weight is 867 g/mol. The highest BCUT2D eigenvalue weighted by molar-refractivity contribution is 7.89. The number of hydrogen-bond donors (Lipinski definition) is 4. The van der Waals surface area contributed by atoms with Crippen molar-refractivity contribution in [2.75, 3.05) is 54.8 Å². The number of carbonyl (C=O) groups excluding carboxylic acids is 4. The number of nitrogens with zero attached hydrogens (tertiary/aromatic N) is 6. The summed E-state index contributed by atoms with van der Waals surface area (Å²) < 4.78 is 44.4. The molecule has 4 amide bonds. The first-order chi connectivity index (χ1) is 29.5. The Labute approximate surface area is 360 Å². The molecule has 1 unspecified atom stereocenters. The molecule has 0 aliphatic carbocycles. The van der Waals surface area contributed by atoms with Crippen LogP contribution in [0.1, 0.15) is 78.3 Å². The van der Waals surface area contributed by atoms with Crippen LogP contribution in [0.3, 0.4) is 0 Å². The van der Waals surface area contributed by atoms with Crippen LogP contribution in [0.15, 0.2) is 71.8 Å². The number of amides is 4. The molecule has 0 radical (unpaired) electrons. The Morgan fingerprint density at radius 1 is 0.855 bits per heavy atom. The number of piperazine rings is 1. The lowest BCUT2D eigenvalue weighted by molar-refractivity contribution is -0.136. The van der Waals surface area contributed by atoms with Gasteiger partial charge in [-0.25, -0.2) is 22.5 Å². The normalized spacial score (nSPS) is 19.5. The number of aryl methyl sites for hydroxylation is 1. The van der Waals surface area contributed by atoms with Gasteiger partial charge in [-0.2, -0.15) is 4.98 Å². The quantitative estimate of drug-likeness (QED) is 0.152. The summed E-state index contributed by atoms with van der Waals surface area (Å²) in [6, 6.07) is 17.0. The van der Waals surface area contributed by atoms with Crippen molar-refractivity contribution in [3.05, 3.63) is 94.9 Å². The minimum absolute atomic E-state index is 0.00212. The maximum atomic E-state index is 15.9. The van der Waals surface area contributed by atoms with E-state index >= 15 is 4.39 Å². The summed E-state index contributed by atoms with van der Waals surface area (Å²) in [5.41, 5.74) is 2.67. The monoisotopic (exact) mass is 866 g/mol.